The quantitative estimate of drug-likeness (QED) is 0.280. The van der Waals surface area contributed by atoms with E-state index < -0.39 is 0 Å². The van der Waals surface area contributed by atoms with Crippen LogP contribution in [0.3, 0.4) is 0 Å². The van der Waals surface area contributed by atoms with Gasteiger partial charge < -0.3 is 26.1 Å². The lowest BCUT2D eigenvalue weighted by Gasteiger charge is -2.29. The lowest BCUT2D eigenvalue weighted by Crippen LogP contribution is -2.36. The number of carbonyl (C=O) groups excluding carboxylic acids is 2. The predicted octanol–water partition coefficient (Wildman–Crippen LogP) is 1.34. The number of carbonyl (C=O) groups is 2. The number of morpholine rings is 1. The molecule has 0 aliphatic carbocycles. The van der Waals surface area contributed by atoms with Crippen LogP contribution in [-0.4, -0.2) is 71.7 Å². The summed E-state index contributed by atoms with van der Waals surface area (Å²) >= 11 is 0. The van der Waals surface area contributed by atoms with Gasteiger partial charge in [0.1, 0.15) is 5.84 Å². The maximum Gasteiger partial charge on any atom is 0.273 e. The second-order valence-electron chi connectivity index (χ2n) is 8.10. The predicted molar refractivity (Wildman–Crippen MR) is 135 cm³/mol. The molecule has 3 rings (SSSR count). The largest absolute Gasteiger partial charge is 0.808 e. The highest BCUT2D eigenvalue weighted by Crippen LogP contribution is 2.18. The van der Waals surface area contributed by atoms with Crippen LogP contribution in [0.5, 0.6) is 0 Å². The fourth-order valence-corrected chi connectivity index (χ4v) is 3.56. The molecule has 1 aromatic carbocycles. The maximum atomic E-state index is 12.3. The molecule has 1 saturated heterocycles. The number of aliphatic imine (C=N–C) groups is 1. The average molecular weight is 480 g/mol. The fraction of sp³-hybridized carbons (Fsp3) is 0.417. The van der Waals surface area contributed by atoms with Gasteiger partial charge in [-0.25, -0.2) is 0 Å². The van der Waals surface area contributed by atoms with Gasteiger partial charge in [-0.1, -0.05) is 29.8 Å². The van der Waals surface area contributed by atoms with E-state index >= 15 is 0 Å². The summed E-state index contributed by atoms with van der Waals surface area (Å²) in [6.07, 6.45) is 6.46. The molecule has 0 unspecified atom stereocenters. The Morgan fingerprint density at radius 1 is 1.26 bits per heavy atom. The minimum absolute atomic E-state index is 0.0372. The van der Waals surface area contributed by atoms with E-state index in [0.717, 1.165) is 30.8 Å². The number of aromatic nitrogens is 3. The van der Waals surface area contributed by atoms with Gasteiger partial charge in [-0.3, -0.25) is 14.3 Å². The molecule has 0 bridgehead atoms. The van der Waals surface area contributed by atoms with Crippen LogP contribution in [0.1, 0.15) is 35.3 Å². The number of rotatable bonds is 11. The number of hydrogen-bond donors (Lipinski definition) is 2. The third-order valence-electron chi connectivity index (χ3n) is 5.41. The van der Waals surface area contributed by atoms with Gasteiger partial charge >= 0.3 is 0 Å². The van der Waals surface area contributed by atoms with Crippen LogP contribution in [0.2, 0.25) is 0 Å². The Kier molecular flexibility index (Phi) is 9.67. The summed E-state index contributed by atoms with van der Waals surface area (Å²) in [5.74, 6) is -0.600. The Labute approximate surface area is 204 Å². The Morgan fingerprint density at radius 3 is 2.83 bits per heavy atom. The second-order valence-corrected chi connectivity index (χ2v) is 8.10. The molecule has 2 heterocycles. The van der Waals surface area contributed by atoms with Crippen LogP contribution >= 0.6 is 0 Å². The zero-order valence-corrected chi connectivity index (χ0v) is 19.9. The summed E-state index contributed by atoms with van der Waals surface area (Å²) in [4.78, 5) is 29.9. The van der Waals surface area contributed by atoms with E-state index in [9.17, 15) is 15.0 Å². The number of nitrogens with one attached hydrogen (secondary N) is 1. The van der Waals surface area contributed by atoms with Crippen molar-refractivity contribution in [1.82, 2.24) is 20.3 Å². The Hall–Kier alpha value is -3.86. The van der Waals surface area contributed by atoms with Gasteiger partial charge in [-0.2, -0.15) is 10.7 Å². The number of nitrogens with zero attached hydrogens (tertiary/aromatic N) is 6. The topological polar surface area (TPSA) is 150 Å². The lowest BCUT2D eigenvalue weighted by atomic mass is 10.1. The first kappa shape index (κ1) is 25.8. The van der Waals surface area contributed by atoms with E-state index in [1.807, 2.05) is 24.3 Å². The summed E-state index contributed by atoms with van der Waals surface area (Å²) in [6, 6.07) is 7.83. The number of aryl methyl sites for hydroxylation is 1. The highest BCUT2D eigenvalue weighted by atomic mass is 16.5. The minimum atomic E-state index is -0.352. The van der Waals surface area contributed by atoms with Gasteiger partial charge in [0, 0.05) is 32.4 Å². The zero-order chi connectivity index (χ0) is 25.0. The molecule has 0 spiro atoms. The molecule has 3 N–H and O–H groups in total. The summed E-state index contributed by atoms with van der Waals surface area (Å²) < 4.78 is 6.97. The third kappa shape index (κ3) is 8.45. The van der Waals surface area contributed by atoms with Gasteiger partial charge in [0.2, 0.25) is 0 Å². The van der Waals surface area contributed by atoms with E-state index in [0.29, 0.717) is 32.6 Å². The van der Waals surface area contributed by atoms with Crippen molar-refractivity contribution in [3.63, 3.8) is 0 Å². The van der Waals surface area contributed by atoms with Gasteiger partial charge in [-0.15, -0.1) is 5.10 Å². The van der Waals surface area contributed by atoms with Crippen molar-refractivity contribution in [3.05, 3.63) is 59.3 Å². The first-order chi connectivity index (χ1) is 16.9. The van der Waals surface area contributed by atoms with Crippen LogP contribution in [0.4, 0.5) is 5.69 Å². The molecule has 1 aliphatic rings. The first-order valence-corrected chi connectivity index (χ1v) is 11.6. The average Bonchev–Trinajstić information content (AvgIpc) is 3.34. The molecule has 0 saturated carbocycles. The highest BCUT2D eigenvalue weighted by molar-refractivity contribution is 6.06. The monoisotopic (exact) mass is 479 g/mol. The molecule has 0 radical (unpaired) electrons. The number of ether oxygens (including phenoxy) is 1. The normalized spacial score (nSPS) is 14.3. The summed E-state index contributed by atoms with van der Waals surface area (Å²) in [7, 11) is 1.53. The number of amides is 2. The van der Waals surface area contributed by atoms with Crippen molar-refractivity contribution in [2.24, 2.45) is 10.7 Å². The van der Waals surface area contributed by atoms with Crippen molar-refractivity contribution < 1.29 is 14.3 Å². The number of unbranched alkanes of at least 4 members (excludes halogenated alkanes) is 1. The van der Waals surface area contributed by atoms with Crippen molar-refractivity contribution >= 4 is 29.0 Å². The molecule has 2 aromatic rings. The number of amidine groups is 1. The van der Waals surface area contributed by atoms with E-state index in [2.05, 4.69) is 25.5 Å². The molecular weight excluding hydrogens is 448 g/mol. The number of hydrogen-bond acceptors (Lipinski definition) is 6. The number of allylic oxidation sites excluding steroid dienone is 1. The van der Waals surface area contributed by atoms with E-state index in [-0.39, 0.29) is 35.5 Å². The van der Waals surface area contributed by atoms with E-state index in [1.54, 1.807) is 10.9 Å². The van der Waals surface area contributed by atoms with Crippen LogP contribution in [0.25, 0.3) is 5.41 Å². The molecule has 1 aromatic heterocycles. The van der Waals surface area contributed by atoms with Gasteiger partial charge in [0.25, 0.3) is 11.8 Å². The lowest BCUT2D eigenvalue weighted by molar-refractivity contribution is -0.117. The summed E-state index contributed by atoms with van der Waals surface area (Å²) in [5.41, 5.74) is 8.16. The smallest absolute Gasteiger partial charge is 0.273 e. The molecule has 186 valence electrons. The van der Waals surface area contributed by atoms with Crippen LogP contribution in [0, 0.1) is 0 Å². The molecule has 0 atom stereocenters. The van der Waals surface area contributed by atoms with Gasteiger partial charge in [-0.05, 0) is 36.6 Å². The van der Waals surface area contributed by atoms with Crippen molar-refractivity contribution in [3.8, 4) is 0 Å². The molecular formula is C24H31N8O3-. The number of anilines is 1. The second kappa shape index (κ2) is 13.1. The van der Waals surface area contributed by atoms with Crippen LogP contribution in [0.15, 0.2) is 47.6 Å². The van der Waals surface area contributed by atoms with Crippen molar-refractivity contribution in [2.75, 3.05) is 38.3 Å². The molecule has 2 amide bonds. The molecule has 11 nitrogen and oxygen atoms in total. The standard InChI is InChI=1S/C24H31N8O3/c1-27-24(34)21-17-32(30-29-21)10-3-2-6-19(25)8-9-22(26)28-23(33)16-18-5-4-7-20(15-18)31-11-13-35-14-12-31/h4-5,7-9,15,17H,2-3,6,10-14,16H2,1H3,(H,27,34)(H2,26,28,33)/q-1/b9-8-. The molecule has 1 aliphatic heterocycles. The fourth-order valence-electron chi connectivity index (χ4n) is 3.56. The molecule has 1 fully saturated rings. The van der Waals surface area contributed by atoms with E-state index in [1.165, 1.54) is 19.2 Å². The first-order valence-electron chi connectivity index (χ1n) is 11.6. The van der Waals surface area contributed by atoms with Gasteiger partial charge in [0.15, 0.2) is 5.69 Å². The van der Waals surface area contributed by atoms with Gasteiger partial charge in [0.05, 0.1) is 25.8 Å². The molecule has 11 heteroatoms. The minimum Gasteiger partial charge on any atom is -0.808 e. The van der Waals surface area contributed by atoms with Crippen LogP contribution in [-0.2, 0) is 22.5 Å². The van der Waals surface area contributed by atoms with Crippen molar-refractivity contribution in [2.45, 2.75) is 32.2 Å². The Bertz CT molecular complexity index is 1090. The Balaban J connectivity index is 1.40. The zero-order valence-electron chi connectivity index (χ0n) is 19.9. The Morgan fingerprint density at radius 2 is 2.06 bits per heavy atom. The van der Waals surface area contributed by atoms with Crippen LogP contribution < -0.4 is 16.0 Å². The number of benzene rings is 1. The SMILES string of the molecule is CNC(=O)c1cn(CCCCC(=[N-])/C=C\C(N)=NC(=O)Cc2cccc(N3CCOCC3)c2)nn1. The summed E-state index contributed by atoms with van der Waals surface area (Å²) in [5, 5.41) is 20.3. The third-order valence-corrected chi connectivity index (χ3v) is 5.41. The number of nitrogens with two attached hydrogens (primary N) is 1. The molecule has 35 heavy (non-hydrogen) atoms. The van der Waals surface area contributed by atoms with E-state index in [4.69, 9.17) is 10.5 Å². The highest BCUT2D eigenvalue weighted by Gasteiger charge is 2.12. The maximum absolute atomic E-state index is 12.3. The summed E-state index contributed by atoms with van der Waals surface area (Å²) in [6.45, 7) is 3.62. The van der Waals surface area contributed by atoms with Crippen molar-refractivity contribution in [1.29, 1.82) is 0 Å².